The molecular weight excluding hydrogens is 356 g/mol. The lowest BCUT2D eigenvalue weighted by Gasteiger charge is -2.06. The average molecular weight is 373 g/mol. The third kappa shape index (κ3) is 3.69. The summed E-state index contributed by atoms with van der Waals surface area (Å²) >= 11 is 6.02. The van der Waals surface area contributed by atoms with Crippen LogP contribution in [0.1, 0.15) is 28.7 Å². The fourth-order valence-electron chi connectivity index (χ4n) is 3.10. The molecule has 0 saturated heterocycles. The molecule has 0 unspecified atom stereocenters. The van der Waals surface area contributed by atoms with Crippen LogP contribution in [0.4, 0.5) is 0 Å². The zero-order valence-corrected chi connectivity index (χ0v) is 15.5. The SMILES string of the molecule is CC(=O)c1ccccc1-c1ccc2nc(C=Cc3cccc(Cl)c3)[nH]c2c1. The van der Waals surface area contributed by atoms with E-state index >= 15 is 0 Å². The van der Waals surface area contributed by atoms with Crippen molar-refractivity contribution in [3.8, 4) is 11.1 Å². The van der Waals surface area contributed by atoms with Gasteiger partial charge in [-0.15, -0.1) is 0 Å². The molecule has 0 radical (unpaired) electrons. The van der Waals surface area contributed by atoms with Crippen LogP contribution in [-0.4, -0.2) is 15.8 Å². The lowest BCUT2D eigenvalue weighted by Crippen LogP contribution is -1.95. The van der Waals surface area contributed by atoms with Crippen LogP contribution in [0.2, 0.25) is 5.02 Å². The molecule has 4 rings (SSSR count). The number of aromatic amines is 1. The van der Waals surface area contributed by atoms with E-state index in [-0.39, 0.29) is 5.78 Å². The third-order valence-corrected chi connectivity index (χ3v) is 4.63. The Kier molecular flexibility index (Phi) is 4.61. The molecule has 1 N–H and O–H groups in total. The normalized spacial score (nSPS) is 11.3. The van der Waals surface area contributed by atoms with E-state index in [0.29, 0.717) is 5.02 Å². The number of imidazole rings is 1. The van der Waals surface area contributed by atoms with Crippen LogP contribution in [0.15, 0.2) is 66.7 Å². The molecule has 0 aliphatic carbocycles. The van der Waals surface area contributed by atoms with Crippen LogP contribution in [0, 0.1) is 0 Å². The zero-order valence-electron chi connectivity index (χ0n) is 14.7. The molecule has 0 bridgehead atoms. The van der Waals surface area contributed by atoms with Crippen molar-refractivity contribution < 1.29 is 4.79 Å². The van der Waals surface area contributed by atoms with Gasteiger partial charge in [0.25, 0.3) is 0 Å². The maximum atomic E-state index is 11.9. The van der Waals surface area contributed by atoms with E-state index in [9.17, 15) is 4.79 Å². The smallest absolute Gasteiger partial charge is 0.160 e. The summed E-state index contributed by atoms with van der Waals surface area (Å²) < 4.78 is 0. The first-order valence-electron chi connectivity index (χ1n) is 8.64. The molecule has 1 aromatic heterocycles. The van der Waals surface area contributed by atoms with E-state index in [1.54, 1.807) is 6.92 Å². The first kappa shape index (κ1) is 17.3. The van der Waals surface area contributed by atoms with E-state index in [1.807, 2.05) is 78.9 Å². The number of Topliss-reactive ketones (excluding diaryl/α,β-unsaturated/α-hetero) is 1. The molecule has 0 amide bonds. The van der Waals surface area contributed by atoms with Crippen LogP contribution in [-0.2, 0) is 0 Å². The number of nitrogens with zero attached hydrogens (tertiary/aromatic N) is 1. The number of H-pyrrole nitrogens is 1. The average Bonchev–Trinajstić information content (AvgIpc) is 3.08. The van der Waals surface area contributed by atoms with Gasteiger partial charge >= 0.3 is 0 Å². The molecule has 0 fully saturated rings. The number of aromatic nitrogens is 2. The third-order valence-electron chi connectivity index (χ3n) is 4.40. The first-order chi connectivity index (χ1) is 13.1. The van der Waals surface area contributed by atoms with E-state index < -0.39 is 0 Å². The largest absolute Gasteiger partial charge is 0.338 e. The van der Waals surface area contributed by atoms with E-state index in [0.717, 1.165) is 39.1 Å². The van der Waals surface area contributed by atoms with Crippen molar-refractivity contribution in [1.82, 2.24) is 9.97 Å². The van der Waals surface area contributed by atoms with Gasteiger partial charge in [-0.3, -0.25) is 4.79 Å². The Morgan fingerprint density at radius 2 is 1.85 bits per heavy atom. The van der Waals surface area contributed by atoms with Gasteiger partial charge in [-0.2, -0.15) is 0 Å². The molecular formula is C23H17ClN2O. The van der Waals surface area contributed by atoms with Crippen LogP contribution < -0.4 is 0 Å². The molecule has 27 heavy (non-hydrogen) atoms. The summed E-state index contributed by atoms with van der Waals surface area (Å²) in [7, 11) is 0. The summed E-state index contributed by atoms with van der Waals surface area (Å²) in [6.07, 6.45) is 3.89. The van der Waals surface area contributed by atoms with Crippen molar-refractivity contribution >= 4 is 40.6 Å². The highest BCUT2D eigenvalue weighted by atomic mass is 35.5. The molecule has 0 aliphatic heterocycles. The molecule has 0 saturated carbocycles. The number of benzene rings is 3. The Morgan fingerprint density at radius 3 is 2.67 bits per heavy atom. The summed E-state index contributed by atoms with van der Waals surface area (Å²) in [5, 5.41) is 0.704. The molecule has 4 heteroatoms. The number of nitrogens with one attached hydrogen (secondary N) is 1. The van der Waals surface area contributed by atoms with Gasteiger partial charge in [0, 0.05) is 10.6 Å². The van der Waals surface area contributed by atoms with Gasteiger partial charge in [-0.05, 0) is 54.0 Å². The maximum absolute atomic E-state index is 11.9. The van der Waals surface area contributed by atoms with Crippen molar-refractivity contribution in [3.63, 3.8) is 0 Å². The minimum absolute atomic E-state index is 0.0560. The minimum Gasteiger partial charge on any atom is -0.338 e. The Hall–Kier alpha value is -3.17. The standard InChI is InChI=1S/C23H17ClN2O/c1-15(27)19-7-2-3-8-20(19)17-10-11-21-22(14-17)26-23(25-21)12-9-16-5-4-6-18(24)13-16/h2-14H,1H3,(H,25,26). The van der Waals surface area contributed by atoms with Crippen LogP contribution >= 0.6 is 11.6 Å². The van der Waals surface area contributed by atoms with E-state index in [2.05, 4.69) is 9.97 Å². The van der Waals surface area contributed by atoms with Crippen molar-refractivity contribution in [2.24, 2.45) is 0 Å². The van der Waals surface area contributed by atoms with E-state index in [1.165, 1.54) is 0 Å². The van der Waals surface area contributed by atoms with Gasteiger partial charge in [0.1, 0.15) is 5.82 Å². The van der Waals surface area contributed by atoms with Crippen LogP contribution in [0.3, 0.4) is 0 Å². The zero-order chi connectivity index (χ0) is 18.8. The van der Waals surface area contributed by atoms with Gasteiger partial charge in [-0.25, -0.2) is 4.98 Å². The van der Waals surface area contributed by atoms with Crippen molar-refractivity contribution in [2.75, 3.05) is 0 Å². The number of rotatable bonds is 4. The number of fused-ring (bicyclic) bond motifs is 1. The van der Waals surface area contributed by atoms with E-state index in [4.69, 9.17) is 11.6 Å². The fraction of sp³-hybridized carbons (Fsp3) is 0.0435. The monoisotopic (exact) mass is 372 g/mol. The molecule has 0 spiro atoms. The highest BCUT2D eigenvalue weighted by molar-refractivity contribution is 6.30. The van der Waals surface area contributed by atoms with Gasteiger partial charge in [0.2, 0.25) is 0 Å². The number of carbonyl (C=O) groups is 1. The highest BCUT2D eigenvalue weighted by Crippen LogP contribution is 2.27. The van der Waals surface area contributed by atoms with Crippen molar-refractivity contribution in [1.29, 1.82) is 0 Å². The number of hydrogen-bond donors (Lipinski definition) is 1. The Bertz CT molecular complexity index is 1170. The number of ketones is 1. The maximum Gasteiger partial charge on any atom is 0.160 e. The second-order valence-electron chi connectivity index (χ2n) is 6.34. The van der Waals surface area contributed by atoms with Crippen LogP contribution in [0.5, 0.6) is 0 Å². The second kappa shape index (κ2) is 7.22. The Morgan fingerprint density at radius 1 is 1.00 bits per heavy atom. The van der Waals surface area contributed by atoms with Crippen molar-refractivity contribution in [3.05, 3.63) is 88.7 Å². The summed E-state index contributed by atoms with van der Waals surface area (Å²) in [5.41, 5.74) is 5.46. The number of hydrogen-bond acceptors (Lipinski definition) is 2. The summed E-state index contributed by atoms with van der Waals surface area (Å²) in [5.74, 6) is 0.822. The van der Waals surface area contributed by atoms with Crippen molar-refractivity contribution in [2.45, 2.75) is 6.92 Å². The predicted octanol–water partition coefficient (Wildman–Crippen LogP) is 6.26. The molecule has 3 aromatic carbocycles. The molecule has 3 nitrogen and oxygen atoms in total. The quantitative estimate of drug-likeness (QED) is 0.430. The number of halogens is 1. The topological polar surface area (TPSA) is 45.8 Å². The van der Waals surface area contributed by atoms with Gasteiger partial charge in [-0.1, -0.05) is 60.1 Å². The second-order valence-corrected chi connectivity index (χ2v) is 6.78. The minimum atomic E-state index is 0.0560. The summed E-state index contributed by atoms with van der Waals surface area (Å²) in [4.78, 5) is 19.8. The first-order valence-corrected chi connectivity index (χ1v) is 9.02. The Labute approximate surface area is 162 Å². The highest BCUT2D eigenvalue weighted by Gasteiger charge is 2.10. The molecule has 132 valence electrons. The van der Waals surface area contributed by atoms with Gasteiger partial charge < -0.3 is 4.98 Å². The lowest BCUT2D eigenvalue weighted by atomic mass is 9.97. The molecule has 1 heterocycles. The fourth-order valence-corrected chi connectivity index (χ4v) is 3.30. The van der Waals surface area contributed by atoms with Gasteiger partial charge in [0.15, 0.2) is 5.78 Å². The van der Waals surface area contributed by atoms with Gasteiger partial charge in [0.05, 0.1) is 11.0 Å². The molecule has 0 aliphatic rings. The predicted molar refractivity (Wildman–Crippen MR) is 112 cm³/mol. The summed E-state index contributed by atoms with van der Waals surface area (Å²) in [6.45, 7) is 1.59. The number of carbonyl (C=O) groups excluding carboxylic acids is 1. The molecule has 0 atom stereocenters. The Balaban J connectivity index is 1.70. The molecule has 4 aromatic rings. The lowest BCUT2D eigenvalue weighted by molar-refractivity contribution is 0.101. The summed E-state index contributed by atoms with van der Waals surface area (Å²) in [6, 6.07) is 21.3. The van der Waals surface area contributed by atoms with Crippen LogP contribution in [0.25, 0.3) is 34.3 Å².